The van der Waals surface area contributed by atoms with Gasteiger partial charge in [0.15, 0.2) is 0 Å². The van der Waals surface area contributed by atoms with E-state index in [1.807, 2.05) is 12.1 Å². The van der Waals surface area contributed by atoms with Crippen LogP contribution in [0.15, 0.2) is 40.6 Å². The first-order valence-corrected chi connectivity index (χ1v) is 9.16. The third-order valence-corrected chi connectivity index (χ3v) is 6.02. The lowest BCUT2D eigenvalue weighted by Gasteiger charge is -2.07. The van der Waals surface area contributed by atoms with Crippen LogP contribution in [0.25, 0.3) is 0 Å². The van der Waals surface area contributed by atoms with Gasteiger partial charge in [-0.15, -0.1) is 11.3 Å². The van der Waals surface area contributed by atoms with E-state index >= 15 is 0 Å². The maximum absolute atomic E-state index is 12.3. The van der Waals surface area contributed by atoms with Crippen molar-refractivity contribution >= 4 is 27.0 Å². The summed E-state index contributed by atoms with van der Waals surface area (Å²) in [5, 5.41) is 8.88. The molecule has 21 heavy (non-hydrogen) atoms. The average molecular weight is 325 g/mol. The van der Waals surface area contributed by atoms with Crippen molar-refractivity contribution in [1.29, 1.82) is 0 Å². The van der Waals surface area contributed by atoms with E-state index in [4.69, 9.17) is 5.11 Å². The molecule has 0 fully saturated rings. The van der Waals surface area contributed by atoms with Crippen LogP contribution in [0.4, 0.5) is 5.69 Å². The van der Waals surface area contributed by atoms with Gasteiger partial charge in [-0.2, -0.15) is 0 Å². The molecule has 0 radical (unpaired) electrons. The minimum Gasteiger partial charge on any atom is -0.396 e. The molecule has 1 aromatic carbocycles. The first-order chi connectivity index (χ1) is 10.0. The second-order valence-electron chi connectivity index (χ2n) is 4.75. The number of sulfonamides is 1. The molecule has 0 spiro atoms. The normalized spacial score (nSPS) is 11.5. The van der Waals surface area contributed by atoms with Gasteiger partial charge in [0.25, 0.3) is 10.0 Å². The molecule has 1 aromatic heterocycles. The molecule has 0 aliphatic heterocycles. The summed E-state index contributed by atoms with van der Waals surface area (Å²) in [7, 11) is -3.55. The molecular formula is C15H19NO3S2. The fourth-order valence-corrected chi connectivity index (χ4v) is 4.38. The molecule has 2 rings (SSSR count). The van der Waals surface area contributed by atoms with Crippen molar-refractivity contribution in [2.75, 3.05) is 11.3 Å². The summed E-state index contributed by atoms with van der Waals surface area (Å²) in [6.45, 7) is 2.13. The standard InChI is InChI=1S/C15H19NO3S2/c1-2-3-12-4-6-13(7-5-12)16-21(18,19)15-9-8-14(20-15)10-11-17/h4-9,16-17H,2-3,10-11H2,1H3. The molecule has 0 amide bonds. The molecule has 0 bridgehead atoms. The van der Waals surface area contributed by atoms with E-state index < -0.39 is 10.0 Å². The molecule has 114 valence electrons. The predicted molar refractivity (Wildman–Crippen MR) is 86.4 cm³/mol. The molecule has 0 saturated carbocycles. The van der Waals surface area contributed by atoms with Gasteiger partial charge in [0.1, 0.15) is 4.21 Å². The first kappa shape index (κ1) is 16.0. The molecule has 0 saturated heterocycles. The maximum atomic E-state index is 12.3. The van der Waals surface area contributed by atoms with E-state index in [1.165, 1.54) is 16.9 Å². The van der Waals surface area contributed by atoms with Crippen LogP contribution in [0, 0.1) is 0 Å². The second kappa shape index (κ2) is 7.06. The van der Waals surface area contributed by atoms with Gasteiger partial charge in [-0.1, -0.05) is 25.5 Å². The lowest BCUT2D eigenvalue weighted by molar-refractivity contribution is 0.300. The number of benzene rings is 1. The first-order valence-electron chi connectivity index (χ1n) is 6.86. The van der Waals surface area contributed by atoms with Crippen LogP contribution in [-0.4, -0.2) is 20.1 Å². The third kappa shape index (κ3) is 4.30. The molecule has 6 heteroatoms. The Kier molecular flexibility index (Phi) is 5.39. The molecule has 0 aliphatic carbocycles. The summed E-state index contributed by atoms with van der Waals surface area (Å²) in [6, 6.07) is 10.7. The Morgan fingerprint density at radius 1 is 1.10 bits per heavy atom. The van der Waals surface area contributed by atoms with E-state index in [0.717, 1.165) is 17.7 Å². The number of nitrogens with one attached hydrogen (secondary N) is 1. The smallest absolute Gasteiger partial charge is 0.271 e. The number of rotatable bonds is 7. The Morgan fingerprint density at radius 3 is 2.43 bits per heavy atom. The zero-order valence-corrected chi connectivity index (χ0v) is 13.5. The van der Waals surface area contributed by atoms with Gasteiger partial charge in [-0.05, 0) is 36.2 Å². The highest BCUT2D eigenvalue weighted by molar-refractivity contribution is 7.94. The van der Waals surface area contributed by atoms with Crippen LogP contribution in [-0.2, 0) is 22.9 Å². The molecule has 0 unspecified atom stereocenters. The Bertz CT molecular complexity index is 675. The molecule has 0 aliphatic rings. The predicted octanol–water partition coefficient (Wildman–Crippen LogP) is 3.04. The average Bonchev–Trinajstić information content (AvgIpc) is 2.91. The van der Waals surface area contributed by atoms with Gasteiger partial charge in [0.2, 0.25) is 0 Å². The van der Waals surface area contributed by atoms with Crippen molar-refractivity contribution in [1.82, 2.24) is 0 Å². The third-order valence-electron chi connectivity index (χ3n) is 3.00. The zero-order valence-electron chi connectivity index (χ0n) is 11.9. The Morgan fingerprint density at radius 2 is 1.81 bits per heavy atom. The van der Waals surface area contributed by atoms with Crippen molar-refractivity contribution in [2.45, 2.75) is 30.4 Å². The quantitative estimate of drug-likeness (QED) is 0.822. The number of anilines is 1. The highest BCUT2D eigenvalue weighted by Gasteiger charge is 2.16. The van der Waals surface area contributed by atoms with Crippen LogP contribution < -0.4 is 4.72 Å². The molecule has 0 atom stereocenters. The van der Waals surface area contributed by atoms with E-state index in [2.05, 4.69) is 11.6 Å². The van der Waals surface area contributed by atoms with Crippen molar-refractivity contribution in [3.8, 4) is 0 Å². The summed E-state index contributed by atoms with van der Waals surface area (Å²) < 4.78 is 27.4. The summed E-state index contributed by atoms with van der Waals surface area (Å²) in [5.41, 5.74) is 1.76. The van der Waals surface area contributed by atoms with E-state index in [9.17, 15) is 8.42 Å². The largest absolute Gasteiger partial charge is 0.396 e. The van der Waals surface area contributed by atoms with Crippen LogP contribution in [0.3, 0.4) is 0 Å². The number of aliphatic hydroxyl groups is 1. The zero-order chi connectivity index (χ0) is 15.3. The van der Waals surface area contributed by atoms with Crippen LogP contribution in [0.2, 0.25) is 0 Å². The lowest BCUT2D eigenvalue weighted by Crippen LogP contribution is -2.11. The molecule has 1 heterocycles. The van der Waals surface area contributed by atoms with Gasteiger partial charge in [-0.3, -0.25) is 4.72 Å². The Labute approximate surface area is 129 Å². The van der Waals surface area contributed by atoms with Crippen molar-refractivity contribution in [2.24, 2.45) is 0 Å². The SMILES string of the molecule is CCCc1ccc(NS(=O)(=O)c2ccc(CCO)s2)cc1. The maximum Gasteiger partial charge on any atom is 0.271 e. The lowest BCUT2D eigenvalue weighted by atomic mass is 10.1. The van der Waals surface area contributed by atoms with Crippen molar-refractivity contribution in [3.63, 3.8) is 0 Å². The fourth-order valence-electron chi connectivity index (χ4n) is 1.98. The van der Waals surface area contributed by atoms with Gasteiger partial charge in [0, 0.05) is 23.6 Å². The fraction of sp³-hybridized carbons (Fsp3) is 0.333. The second-order valence-corrected chi connectivity index (χ2v) is 7.82. The summed E-state index contributed by atoms with van der Waals surface area (Å²) in [4.78, 5) is 0.858. The Hall–Kier alpha value is -1.37. The van der Waals surface area contributed by atoms with Crippen LogP contribution in [0.5, 0.6) is 0 Å². The molecule has 2 aromatic rings. The van der Waals surface area contributed by atoms with Gasteiger partial charge < -0.3 is 5.11 Å². The monoisotopic (exact) mass is 325 g/mol. The number of aryl methyl sites for hydroxylation is 1. The highest BCUT2D eigenvalue weighted by atomic mass is 32.2. The topological polar surface area (TPSA) is 66.4 Å². The number of hydrogen-bond acceptors (Lipinski definition) is 4. The minimum absolute atomic E-state index is 0.0202. The van der Waals surface area contributed by atoms with E-state index in [1.54, 1.807) is 24.3 Å². The summed E-state index contributed by atoms with van der Waals surface area (Å²) in [5.74, 6) is 0. The number of thiophene rings is 1. The molecule has 4 nitrogen and oxygen atoms in total. The van der Waals surface area contributed by atoms with E-state index in [0.29, 0.717) is 12.1 Å². The Balaban J connectivity index is 2.12. The number of aliphatic hydroxyl groups excluding tert-OH is 1. The van der Waals surface area contributed by atoms with Crippen molar-refractivity contribution < 1.29 is 13.5 Å². The highest BCUT2D eigenvalue weighted by Crippen LogP contribution is 2.24. The molecular weight excluding hydrogens is 306 g/mol. The number of hydrogen-bond donors (Lipinski definition) is 2. The van der Waals surface area contributed by atoms with Gasteiger partial charge >= 0.3 is 0 Å². The van der Waals surface area contributed by atoms with Crippen LogP contribution in [0.1, 0.15) is 23.8 Å². The van der Waals surface area contributed by atoms with Crippen molar-refractivity contribution in [3.05, 3.63) is 46.8 Å². The van der Waals surface area contributed by atoms with E-state index in [-0.39, 0.29) is 10.8 Å². The van der Waals surface area contributed by atoms with Crippen LogP contribution >= 0.6 is 11.3 Å². The minimum atomic E-state index is -3.55. The van der Waals surface area contributed by atoms with Gasteiger partial charge in [-0.25, -0.2) is 8.42 Å². The van der Waals surface area contributed by atoms with Gasteiger partial charge in [0.05, 0.1) is 0 Å². The molecule has 2 N–H and O–H groups in total. The summed E-state index contributed by atoms with van der Waals surface area (Å²) in [6.07, 6.45) is 2.53. The summed E-state index contributed by atoms with van der Waals surface area (Å²) >= 11 is 1.18.